The van der Waals surface area contributed by atoms with Crippen molar-refractivity contribution in [2.75, 3.05) is 6.61 Å². The Hall–Kier alpha value is -3.45. The van der Waals surface area contributed by atoms with Crippen LogP contribution in [0.4, 0.5) is 0 Å². The highest BCUT2D eigenvalue weighted by atomic mass is 16.5. The molecule has 1 unspecified atom stereocenters. The molecule has 0 N–H and O–H groups in total. The predicted molar refractivity (Wildman–Crippen MR) is 123 cm³/mol. The maximum absolute atomic E-state index is 13.5. The molecule has 5 rings (SSSR count). The van der Waals surface area contributed by atoms with E-state index in [-0.39, 0.29) is 23.9 Å². The van der Waals surface area contributed by atoms with Crippen molar-refractivity contribution in [1.82, 2.24) is 18.7 Å². The summed E-state index contributed by atoms with van der Waals surface area (Å²) in [6.45, 7) is 1.80. The molecule has 3 heterocycles. The van der Waals surface area contributed by atoms with Gasteiger partial charge in [-0.1, -0.05) is 60.7 Å². The molecule has 7 heteroatoms. The van der Waals surface area contributed by atoms with Gasteiger partial charge in [-0.15, -0.1) is 0 Å². The highest BCUT2D eigenvalue weighted by molar-refractivity contribution is 5.70. The first-order chi connectivity index (χ1) is 15.7. The smallest absolute Gasteiger partial charge is 0.333 e. The number of rotatable bonds is 6. The Labute approximate surface area is 185 Å². The molecule has 1 fully saturated rings. The fourth-order valence-electron chi connectivity index (χ4n) is 4.36. The largest absolute Gasteiger partial charge is 0.376 e. The lowest BCUT2D eigenvalue weighted by atomic mass is 10.1. The number of benzene rings is 2. The second kappa shape index (κ2) is 8.96. The summed E-state index contributed by atoms with van der Waals surface area (Å²) in [5.74, 6) is 0. The molecule has 1 atom stereocenters. The number of hydrogen-bond acceptors (Lipinski definition) is 4. The lowest BCUT2D eigenvalue weighted by Crippen LogP contribution is -2.44. The second-order valence-electron chi connectivity index (χ2n) is 8.29. The number of aromatic nitrogens is 4. The van der Waals surface area contributed by atoms with E-state index in [2.05, 4.69) is 4.98 Å². The van der Waals surface area contributed by atoms with E-state index >= 15 is 0 Å². The van der Waals surface area contributed by atoms with E-state index in [1.165, 1.54) is 4.57 Å². The fraction of sp³-hybridized carbons (Fsp3) is 0.320. The van der Waals surface area contributed by atoms with Crippen molar-refractivity contribution in [1.29, 1.82) is 0 Å². The summed E-state index contributed by atoms with van der Waals surface area (Å²) in [6, 6.07) is 19.7. The minimum atomic E-state index is -0.342. The van der Waals surface area contributed by atoms with Gasteiger partial charge in [-0.2, -0.15) is 0 Å². The van der Waals surface area contributed by atoms with Crippen molar-refractivity contribution in [3.63, 3.8) is 0 Å². The van der Waals surface area contributed by atoms with Crippen LogP contribution in [0.2, 0.25) is 0 Å². The Balaban J connectivity index is 1.64. The number of imidazole rings is 1. The Bertz CT molecular complexity index is 1320. The summed E-state index contributed by atoms with van der Waals surface area (Å²) in [5, 5.41) is 0. The van der Waals surface area contributed by atoms with Crippen LogP contribution in [0.15, 0.2) is 76.6 Å². The first-order valence-electron chi connectivity index (χ1n) is 11.1. The first-order valence-corrected chi connectivity index (χ1v) is 11.1. The first kappa shape index (κ1) is 20.5. The zero-order chi connectivity index (χ0) is 21.9. The third kappa shape index (κ3) is 4.03. The van der Waals surface area contributed by atoms with Gasteiger partial charge in [0.1, 0.15) is 0 Å². The molecule has 0 radical (unpaired) electrons. The van der Waals surface area contributed by atoms with Crippen LogP contribution in [0.1, 0.15) is 30.4 Å². The van der Waals surface area contributed by atoms with E-state index in [0.29, 0.717) is 30.9 Å². The van der Waals surface area contributed by atoms with Crippen LogP contribution in [0.3, 0.4) is 0 Å². The number of nitrogens with zero attached hydrogens (tertiary/aromatic N) is 4. The highest BCUT2D eigenvalue weighted by Gasteiger charge is 2.22. The molecule has 0 saturated carbocycles. The zero-order valence-electron chi connectivity index (χ0n) is 17.9. The molecule has 0 spiro atoms. The van der Waals surface area contributed by atoms with Gasteiger partial charge < -0.3 is 9.30 Å². The van der Waals surface area contributed by atoms with E-state index in [1.807, 2.05) is 65.2 Å². The normalized spacial score (nSPS) is 16.4. The van der Waals surface area contributed by atoms with Crippen LogP contribution in [0.25, 0.3) is 11.2 Å². The van der Waals surface area contributed by atoms with E-state index < -0.39 is 0 Å². The van der Waals surface area contributed by atoms with Gasteiger partial charge >= 0.3 is 5.69 Å². The minimum absolute atomic E-state index is 0.123. The van der Waals surface area contributed by atoms with E-state index in [0.717, 1.165) is 30.4 Å². The van der Waals surface area contributed by atoms with Gasteiger partial charge in [0.2, 0.25) is 0 Å². The van der Waals surface area contributed by atoms with Crippen LogP contribution < -0.4 is 11.2 Å². The summed E-state index contributed by atoms with van der Waals surface area (Å²) in [7, 11) is 0. The second-order valence-corrected chi connectivity index (χ2v) is 8.29. The van der Waals surface area contributed by atoms with Crippen LogP contribution in [0.5, 0.6) is 0 Å². The maximum Gasteiger partial charge on any atom is 0.333 e. The van der Waals surface area contributed by atoms with Crippen molar-refractivity contribution in [2.45, 2.75) is 45.0 Å². The molecular formula is C25H26N4O3. The summed E-state index contributed by atoms with van der Waals surface area (Å²) < 4.78 is 10.6. The third-order valence-electron chi connectivity index (χ3n) is 6.02. The lowest BCUT2D eigenvalue weighted by molar-refractivity contribution is 0.00460. The maximum atomic E-state index is 13.5. The molecule has 2 aromatic carbocycles. The Morgan fingerprint density at radius 3 is 2.22 bits per heavy atom. The molecule has 1 saturated heterocycles. The van der Waals surface area contributed by atoms with Crippen molar-refractivity contribution in [3.05, 3.63) is 99.0 Å². The molecule has 7 nitrogen and oxygen atoms in total. The number of hydrogen-bond donors (Lipinski definition) is 0. The molecule has 0 bridgehead atoms. The number of ether oxygens (including phenoxy) is 1. The monoisotopic (exact) mass is 430 g/mol. The Morgan fingerprint density at radius 2 is 1.56 bits per heavy atom. The van der Waals surface area contributed by atoms with Gasteiger partial charge in [-0.05, 0) is 30.4 Å². The standard InChI is InChI=1S/C25H26N4O3/c30-24-22-23(26-18-27(22)15-19-9-3-1-4-10-19)28(16-20-11-5-2-6-12-20)25(31)29(24)17-21-13-7-8-14-32-21/h1-6,9-12,18,21H,7-8,13-17H2. The van der Waals surface area contributed by atoms with Crippen LogP contribution in [0, 0.1) is 0 Å². The molecule has 1 aliphatic rings. The SMILES string of the molecule is O=c1c2c(ncn2Cc2ccccc2)n(Cc2ccccc2)c(=O)n1CC1CCCCO1. The molecule has 164 valence electrons. The third-order valence-corrected chi connectivity index (χ3v) is 6.02. The molecule has 2 aromatic heterocycles. The summed E-state index contributed by atoms with van der Waals surface area (Å²) in [6.07, 6.45) is 4.45. The average Bonchev–Trinajstić information content (AvgIpc) is 3.25. The highest BCUT2D eigenvalue weighted by Crippen LogP contribution is 2.15. The topological polar surface area (TPSA) is 71.0 Å². The quantitative estimate of drug-likeness (QED) is 0.471. The van der Waals surface area contributed by atoms with E-state index in [9.17, 15) is 9.59 Å². The fourth-order valence-corrected chi connectivity index (χ4v) is 4.36. The van der Waals surface area contributed by atoms with Gasteiger partial charge in [0.05, 0.1) is 25.5 Å². The molecular weight excluding hydrogens is 404 g/mol. The van der Waals surface area contributed by atoms with E-state index in [4.69, 9.17) is 4.74 Å². The van der Waals surface area contributed by atoms with Crippen LogP contribution >= 0.6 is 0 Å². The van der Waals surface area contributed by atoms with Crippen molar-refractivity contribution < 1.29 is 4.74 Å². The van der Waals surface area contributed by atoms with Crippen molar-refractivity contribution >= 4 is 11.2 Å². The molecule has 0 amide bonds. The van der Waals surface area contributed by atoms with Gasteiger partial charge in [0, 0.05) is 13.2 Å². The summed E-state index contributed by atoms with van der Waals surface area (Å²) in [4.78, 5) is 31.5. The Kier molecular flexibility index (Phi) is 5.73. The number of fused-ring (bicyclic) bond motifs is 1. The van der Waals surface area contributed by atoms with Crippen LogP contribution in [-0.2, 0) is 24.4 Å². The molecule has 1 aliphatic heterocycles. The predicted octanol–water partition coefficient (Wildman–Crippen LogP) is 3.03. The molecule has 0 aliphatic carbocycles. The molecule has 32 heavy (non-hydrogen) atoms. The Morgan fingerprint density at radius 1 is 0.875 bits per heavy atom. The van der Waals surface area contributed by atoms with E-state index in [1.54, 1.807) is 10.9 Å². The van der Waals surface area contributed by atoms with Gasteiger partial charge in [-0.3, -0.25) is 13.9 Å². The lowest BCUT2D eigenvalue weighted by Gasteiger charge is -2.23. The van der Waals surface area contributed by atoms with Crippen molar-refractivity contribution in [2.24, 2.45) is 0 Å². The van der Waals surface area contributed by atoms with Gasteiger partial charge in [0.15, 0.2) is 11.2 Å². The van der Waals surface area contributed by atoms with Crippen LogP contribution in [-0.4, -0.2) is 31.4 Å². The van der Waals surface area contributed by atoms with Gasteiger partial charge in [0.25, 0.3) is 5.56 Å². The average molecular weight is 431 g/mol. The summed E-state index contributed by atoms with van der Waals surface area (Å²) in [5.41, 5.74) is 2.25. The minimum Gasteiger partial charge on any atom is -0.376 e. The zero-order valence-corrected chi connectivity index (χ0v) is 17.9. The molecule has 4 aromatic rings. The van der Waals surface area contributed by atoms with Crippen molar-refractivity contribution in [3.8, 4) is 0 Å². The summed E-state index contributed by atoms with van der Waals surface area (Å²) >= 11 is 0. The van der Waals surface area contributed by atoms with Gasteiger partial charge in [-0.25, -0.2) is 9.78 Å².